The highest BCUT2D eigenvalue weighted by molar-refractivity contribution is 5.39. The van der Waals surface area contributed by atoms with Crippen LogP contribution in [0.4, 0.5) is 0 Å². The molecule has 3 rings (SSSR count). The van der Waals surface area contributed by atoms with Crippen molar-refractivity contribution in [1.29, 1.82) is 0 Å². The molecule has 2 nitrogen and oxygen atoms in total. The van der Waals surface area contributed by atoms with Gasteiger partial charge in [0, 0.05) is 6.42 Å². The first-order valence-corrected chi connectivity index (χ1v) is 7.76. The fourth-order valence-electron chi connectivity index (χ4n) is 3.86. The van der Waals surface area contributed by atoms with Gasteiger partial charge in [-0.2, -0.15) is 0 Å². The van der Waals surface area contributed by atoms with Gasteiger partial charge in [0.1, 0.15) is 5.75 Å². The molecule has 2 heteroatoms. The fourth-order valence-corrected chi connectivity index (χ4v) is 3.86. The fraction of sp³-hybridized carbons (Fsp3) is 0.647. The lowest BCUT2D eigenvalue weighted by molar-refractivity contribution is 0.253. The van der Waals surface area contributed by atoms with E-state index < -0.39 is 0 Å². The minimum atomic E-state index is 0.546. The summed E-state index contributed by atoms with van der Waals surface area (Å²) in [4.78, 5) is 0. The van der Waals surface area contributed by atoms with Crippen LogP contribution in [-0.2, 0) is 12.8 Å². The normalized spacial score (nSPS) is 20.3. The summed E-state index contributed by atoms with van der Waals surface area (Å²) in [6, 6.07) is 6.75. The largest absolute Gasteiger partial charge is 0.493 e. The summed E-state index contributed by atoms with van der Waals surface area (Å²) in [6.07, 6.45) is 10.4. The maximum Gasteiger partial charge on any atom is 0.122 e. The number of fused-ring (bicyclic) bond motifs is 1. The Labute approximate surface area is 116 Å². The molecule has 1 heterocycles. The van der Waals surface area contributed by atoms with Crippen LogP contribution >= 0.6 is 0 Å². The predicted octanol–water partition coefficient (Wildman–Crippen LogP) is 3.46. The maximum atomic E-state index is 5.82. The van der Waals surface area contributed by atoms with Crippen molar-refractivity contribution in [2.24, 2.45) is 11.1 Å². The van der Waals surface area contributed by atoms with Crippen LogP contribution in [0, 0.1) is 5.41 Å². The molecule has 2 N–H and O–H groups in total. The molecular weight excluding hydrogens is 234 g/mol. The van der Waals surface area contributed by atoms with Gasteiger partial charge in [-0.05, 0) is 61.3 Å². The number of ether oxygens (including phenoxy) is 1. The SMILES string of the molecule is NCCC1(CCc2ccc3c(c2)CCO3)CCCC1. The van der Waals surface area contributed by atoms with Crippen LogP contribution in [0.15, 0.2) is 18.2 Å². The zero-order chi connectivity index (χ0) is 13.1. The Hall–Kier alpha value is -1.02. The minimum absolute atomic E-state index is 0.546. The van der Waals surface area contributed by atoms with Crippen LogP contribution in [0.5, 0.6) is 5.75 Å². The molecule has 0 atom stereocenters. The number of rotatable bonds is 5. The van der Waals surface area contributed by atoms with Gasteiger partial charge in [-0.25, -0.2) is 0 Å². The van der Waals surface area contributed by atoms with Crippen LogP contribution < -0.4 is 10.5 Å². The average molecular weight is 259 g/mol. The molecule has 0 aromatic heterocycles. The van der Waals surface area contributed by atoms with Gasteiger partial charge in [0.15, 0.2) is 0 Å². The molecule has 19 heavy (non-hydrogen) atoms. The van der Waals surface area contributed by atoms with Gasteiger partial charge in [-0.1, -0.05) is 25.0 Å². The van der Waals surface area contributed by atoms with Crippen molar-refractivity contribution in [2.75, 3.05) is 13.2 Å². The van der Waals surface area contributed by atoms with E-state index in [-0.39, 0.29) is 0 Å². The lowest BCUT2D eigenvalue weighted by Crippen LogP contribution is -2.21. The van der Waals surface area contributed by atoms with Gasteiger partial charge in [0.05, 0.1) is 6.61 Å². The van der Waals surface area contributed by atoms with Gasteiger partial charge in [-0.3, -0.25) is 0 Å². The Kier molecular flexibility index (Phi) is 3.79. The topological polar surface area (TPSA) is 35.2 Å². The second kappa shape index (κ2) is 5.54. The third kappa shape index (κ3) is 2.79. The van der Waals surface area contributed by atoms with Crippen LogP contribution in [0.2, 0.25) is 0 Å². The molecule has 1 aromatic rings. The molecule has 0 unspecified atom stereocenters. The van der Waals surface area contributed by atoms with E-state index in [0.29, 0.717) is 5.41 Å². The molecule has 104 valence electrons. The first kappa shape index (κ1) is 13.0. The molecular formula is C17H25NO. The second-order valence-electron chi connectivity index (χ2n) is 6.29. The summed E-state index contributed by atoms with van der Waals surface area (Å²) in [7, 11) is 0. The van der Waals surface area contributed by atoms with E-state index in [9.17, 15) is 0 Å². The van der Waals surface area contributed by atoms with E-state index in [0.717, 1.165) is 25.3 Å². The molecule has 1 saturated carbocycles. The summed E-state index contributed by atoms with van der Waals surface area (Å²) in [5.74, 6) is 1.10. The predicted molar refractivity (Wildman–Crippen MR) is 78.5 cm³/mol. The smallest absolute Gasteiger partial charge is 0.122 e. The number of nitrogens with two attached hydrogens (primary N) is 1. The molecule has 0 spiro atoms. The molecule has 1 aromatic carbocycles. The molecule has 0 bridgehead atoms. The zero-order valence-corrected chi connectivity index (χ0v) is 11.8. The Morgan fingerprint density at radius 1 is 1.16 bits per heavy atom. The first-order chi connectivity index (χ1) is 9.31. The molecule has 1 aliphatic heterocycles. The highest BCUT2D eigenvalue weighted by Crippen LogP contribution is 2.44. The molecule has 2 aliphatic rings. The summed E-state index contributed by atoms with van der Waals surface area (Å²) >= 11 is 0. The summed E-state index contributed by atoms with van der Waals surface area (Å²) in [5.41, 5.74) is 9.24. The summed E-state index contributed by atoms with van der Waals surface area (Å²) in [6.45, 7) is 1.70. The van der Waals surface area contributed by atoms with Crippen LogP contribution in [0.1, 0.15) is 49.7 Å². The minimum Gasteiger partial charge on any atom is -0.493 e. The Bertz CT molecular complexity index is 435. The van der Waals surface area contributed by atoms with E-state index >= 15 is 0 Å². The average Bonchev–Trinajstić information content (AvgIpc) is 3.05. The van der Waals surface area contributed by atoms with E-state index in [1.807, 2.05) is 0 Å². The van der Waals surface area contributed by atoms with Crippen molar-refractivity contribution in [3.8, 4) is 5.75 Å². The lowest BCUT2D eigenvalue weighted by Gasteiger charge is -2.28. The van der Waals surface area contributed by atoms with Crippen molar-refractivity contribution < 1.29 is 4.74 Å². The van der Waals surface area contributed by atoms with Gasteiger partial charge < -0.3 is 10.5 Å². The van der Waals surface area contributed by atoms with Gasteiger partial charge in [0.2, 0.25) is 0 Å². The van der Waals surface area contributed by atoms with Crippen LogP contribution in [0.25, 0.3) is 0 Å². The van der Waals surface area contributed by atoms with E-state index in [2.05, 4.69) is 18.2 Å². The lowest BCUT2D eigenvalue weighted by atomic mass is 9.77. The maximum absolute atomic E-state index is 5.82. The summed E-state index contributed by atoms with van der Waals surface area (Å²) in [5, 5.41) is 0. The molecule has 1 fully saturated rings. The molecule has 1 aliphatic carbocycles. The number of hydrogen-bond donors (Lipinski definition) is 1. The summed E-state index contributed by atoms with van der Waals surface area (Å²) < 4.78 is 5.57. The van der Waals surface area contributed by atoms with E-state index in [1.165, 1.54) is 56.1 Å². The third-order valence-corrected chi connectivity index (χ3v) is 5.04. The van der Waals surface area contributed by atoms with Crippen molar-refractivity contribution in [3.05, 3.63) is 29.3 Å². The van der Waals surface area contributed by atoms with E-state index in [4.69, 9.17) is 10.5 Å². The second-order valence-corrected chi connectivity index (χ2v) is 6.29. The standard InChI is InChI=1S/C17H25NO/c18-11-10-17(7-1-2-8-17)9-5-14-3-4-16-15(13-14)6-12-19-16/h3-4,13H,1-2,5-12,18H2. The highest BCUT2D eigenvalue weighted by Gasteiger charge is 2.32. The first-order valence-electron chi connectivity index (χ1n) is 7.76. The van der Waals surface area contributed by atoms with Crippen LogP contribution in [-0.4, -0.2) is 13.2 Å². The zero-order valence-electron chi connectivity index (χ0n) is 11.8. The van der Waals surface area contributed by atoms with Crippen molar-refractivity contribution in [3.63, 3.8) is 0 Å². The molecule has 0 radical (unpaired) electrons. The quantitative estimate of drug-likeness (QED) is 0.879. The third-order valence-electron chi connectivity index (χ3n) is 5.04. The van der Waals surface area contributed by atoms with Gasteiger partial charge in [0.25, 0.3) is 0 Å². The Morgan fingerprint density at radius 2 is 2.00 bits per heavy atom. The van der Waals surface area contributed by atoms with Crippen molar-refractivity contribution >= 4 is 0 Å². The molecule has 0 saturated heterocycles. The molecule has 0 amide bonds. The monoisotopic (exact) mass is 259 g/mol. The van der Waals surface area contributed by atoms with Gasteiger partial charge >= 0.3 is 0 Å². The number of benzene rings is 1. The van der Waals surface area contributed by atoms with Crippen molar-refractivity contribution in [2.45, 2.75) is 51.4 Å². The highest BCUT2D eigenvalue weighted by atomic mass is 16.5. The Morgan fingerprint density at radius 3 is 2.79 bits per heavy atom. The Balaban J connectivity index is 1.65. The van der Waals surface area contributed by atoms with Crippen LogP contribution in [0.3, 0.4) is 0 Å². The van der Waals surface area contributed by atoms with Gasteiger partial charge in [-0.15, -0.1) is 0 Å². The number of aryl methyl sites for hydroxylation is 1. The van der Waals surface area contributed by atoms with E-state index in [1.54, 1.807) is 0 Å². The number of hydrogen-bond acceptors (Lipinski definition) is 2. The van der Waals surface area contributed by atoms with Crippen molar-refractivity contribution in [1.82, 2.24) is 0 Å².